The molecule has 0 spiro atoms. The van der Waals surface area contributed by atoms with Gasteiger partial charge in [-0.2, -0.15) is 13.2 Å². The van der Waals surface area contributed by atoms with Gasteiger partial charge in [-0.1, -0.05) is 0 Å². The molecule has 0 atom stereocenters. The van der Waals surface area contributed by atoms with Crippen LogP contribution in [0, 0.1) is 3.77 Å². The first-order valence-corrected chi connectivity index (χ1v) is 6.78. The van der Waals surface area contributed by atoms with Crippen LogP contribution in [0.4, 0.5) is 18.9 Å². The molecule has 0 saturated heterocycles. The van der Waals surface area contributed by atoms with Crippen LogP contribution >= 0.6 is 22.6 Å². The van der Waals surface area contributed by atoms with E-state index in [1.54, 1.807) is 12.1 Å². The molecule has 0 saturated carbocycles. The summed E-state index contributed by atoms with van der Waals surface area (Å²) >= 11 is 2.07. The van der Waals surface area contributed by atoms with E-state index in [0.29, 0.717) is 6.54 Å². The number of nitrogens with one attached hydrogen (secondary N) is 1. The second kappa shape index (κ2) is 6.38. The molecular formula is C13H11F3INO2. The predicted molar refractivity (Wildman–Crippen MR) is 76.7 cm³/mol. The van der Waals surface area contributed by atoms with E-state index in [9.17, 15) is 13.2 Å². The smallest absolute Gasteiger partial charge is 0.422 e. The average molecular weight is 397 g/mol. The van der Waals surface area contributed by atoms with E-state index in [4.69, 9.17) is 4.42 Å². The zero-order chi connectivity index (χ0) is 14.6. The third-order valence-corrected chi connectivity index (χ3v) is 2.93. The summed E-state index contributed by atoms with van der Waals surface area (Å²) in [6.45, 7) is -0.781. The van der Waals surface area contributed by atoms with Crippen molar-refractivity contribution in [1.82, 2.24) is 0 Å². The molecule has 0 aliphatic rings. The van der Waals surface area contributed by atoms with Crippen LogP contribution in [-0.2, 0) is 6.54 Å². The molecule has 2 rings (SSSR count). The van der Waals surface area contributed by atoms with Crippen molar-refractivity contribution >= 4 is 28.3 Å². The zero-order valence-corrected chi connectivity index (χ0v) is 12.4. The van der Waals surface area contributed by atoms with Gasteiger partial charge in [0.15, 0.2) is 10.4 Å². The van der Waals surface area contributed by atoms with Crippen LogP contribution in [0.1, 0.15) is 5.76 Å². The fourth-order valence-corrected chi connectivity index (χ4v) is 1.93. The first kappa shape index (κ1) is 15.0. The Kier molecular flexibility index (Phi) is 4.79. The maximum absolute atomic E-state index is 12.0. The number of hydrogen-bond acceptors (Lipinski definition) is 3. The Bertz CT molecular complexity index is 551. The van der Waals surface area contributed by atoms with Gasteiger partial charge in [-0.3, -0.25) is 0 Å². The summed E-state index contributed by atoms with van der Waals surface area (Å²) < 4.78 is 46.7. The molecule has 0 aliphatic carbocycles. The molecule has 1 N–H and O–H groups in total. The number of hydrogen-bond donors (Lipinski definition) is 1. The number of alkyl halides is 3. The van der Waals surface area contributed by atoms with E-state index in [2.05, 4.69) is 32.6 Å². The number of halogens is 4. The van der Waals surface area contributed by atoms with Crippen molar-refractivity contribution in [2.75, 3.05) is 11.9 Å². The third kappa shape index (κ3) is 4.95. The maximum atomic E-state index is 12.0. The fraction of sp³-hybridized carbons (Fsp3) is 0.231. The molecule has 2 aromatic rings. The Morgan fingerprint density at radius 2 is 1.80 bits per heavy atom. The lowest BCUT2D eigenvalue weighted by molar-refractivity contribution is -0.153. The van der Waals surface area contributed by atoms with Gasteiger partial charge < -0.3 is 14.5 Å². The molecule has 0 radical (unpaired) electrons. The number of ether oxygens (including phenoxy) is 1. The summed E-state index contributed by atoms with van der Waals surface area (Å²) in [7, 11) is 0. The molecule has 0 fully saturated rings. The van der Waals surface area contributed by atoms with Crippen LogP contribution in [0.15, 0.2) is 40.8 Å². The summed E-state index contributed by atoms with van der Waals surface area (Å²) in [5.41, 5.74) is 0.774. The Balaban J connectivity index is 1.85. The Labute approximate surface area is 127 Å². The van der Waals surface area contributed by atoms with Gasteiger partial charge >= 0.3 is 6.18 Å². The lowest BCUT2D eigenvalue weighted by Crippen LogP contribution is -2.19. The Morgan fingerprint density at radius 3 is 2.35 bits per heavy atom. The standard InChI is InChI=1S/C13H11F3INO2/c14-13(15,16)8-19-10-3-1-9(2-4-10)18-7-11-5-6-12(17)20-11/h1-6,18H,7-8H2. The molecule has 3 nitrogen and oxygen atoms in total. The monoisotopic (exact) mass is 397 g/mol. The second-order valence-electron chi connectivity index (χ2n) is 3.99. The topological polar surface area (TPSA) is 34.4 Å². The summed E-state index contributed by atoms with van der Waals surface area (Å²) in [5, 5.41) is 3.10. The number of rotatable bonds is 5. The minimum absolute atomic E-state index is 0.181. The minimum atomic E-state index is -4.33. The third-order valence-electron chi connectivity index (χ3n) is 2.35. The molecule has 0 amide bonds. The summed E-state index contributed by atoms with van der Waals surface area (Å²) in [5.74, 6) is 0.965. The van der Waals surface area contributed by atoms with Crippen LogP contribution < -0.4 is 10.1 Å². The van der Waals surface area contributed by atoms with Crippen LogP contribution in [0.3, 0.4) is 0 Å². The van der Waals surface area contributed by atoms with E-state index in [-0.39, 0.29) is 5.75 Å². The van der Waals surface area contributed by atoms with Crippen molar-refractivity contribution < 1.29 is 22.3 Å². The van der Waals surface area contributed by atoms with Crippen LogP contribution in [0.2, 0.25) is 0 Å². The highest BCUT2D eigenvalue weighted by atomic mass is 127. The maximum Gasteiger partial charge on any atom is 0.422 e. The first-order valence-electron chi connectivity index (χ1n) is 5.70. The van der Waals surface area contributed by atoms with Crippen molar-refractivity contribution in [1.29, 1.82) is 0 Å². The highest BCUT2D eigenvalue weighted by Crippen LogP contribution is 2.20. The molecule has 0 bridgehead atoms. The molecule has 1 aromatic carbocycles. The van der Waals surface area contributed by atoms with Crippen molar-refractivity contribution in [2.24, 2.45) is 0 Å². The van der Waals surface area contributed by atoms with Gasteiger partial charge in [0.05, 0.1) is 6.54 Å². The molecular weight excluding hydrogens is 386 g/mol. The molecule has 0 unspecified atom stereocenters. The second-order valence-corrected chi connectivity index (χ2v) is 5.05. The van der Waals surface area contributed by atoms with Crippen molar-refractivity contribution in [2.45, 2.75) is 12.7 Å². The van der Waals surface area contributed by atoms with Gasteiger partial charge in [-0.15, -0.1) is 0 Å². The molecule has 20 heavy (non-hydrogen) atoms. The largest absolute Gasteiger partial charge is 0.484 e. The Hall–Kier alpha value is -1.38. The normalized spacial score (nSPS) is 11.4. The van der Waals surface area contributed by atoms with Gasteiger partial charge in [0.1, 0.15) is 11.5 Å². The predicted octanol–water partition coefficient (Wildman–Crippen LogP) is 4.44. The van der Waals surface area contributed by atoms with Gasteiger partial charge in [0, 0.05) is 5.69 Å². The summed E-state index contributed by atoms with van der Waals surface area (Å²) in [6, 6.07) is 9.99. The lowest BCUT2D eigenvalue weighted by atomic mass is 10.3. The van der Waals surface area contributed by atoms with E-state index in [0.717, 1.165) is 15.2 Å². The molecule has 1 heterocycles. The quantitative estimate of drug-likeness (QED) is 0.758. The average Bonchev–Trinajstić information content (AvgIpc) is 2.80. The molecule has 0 aliphatic heterocycles. The lowest BCUT2D eigenvalue weighted by Gasteiger charge is -2.10. The SMILES string of the molecule is FC(F)(F)COc1ccc(NCc2ccc(I)o2)cc1. The summed E-state index contributed by atoms with van der Waals surface area (Å²) in [6.07, 6.45) is -4.33. The van der Waals surface area contributed by atoms with Gasteiger partial charge in [-0.05, 0) is 59.0 Å². The number of benzene rings is 1. The van der Waals surface area contributed by atoms with Crippen LogP contribution in [-0.4, -0.2) is 12.8 Å². The van der Waals surface area contributed by atoms with E-state index in [1.807, 2.05) is 12.1 Å². The fourth-order valence-electron chi connectivity index (χ4n) is 1.47. The minimum Gasteiger partial charge on any atom is -0.484 e. The van der Waals surface area contributed by atoms with Crippen LogP contribution in [0.25, 0.3) is 0 Å². The number of anilines is 1. The van der Waals surface area contributed by atoms with Crippen molar-refractivity contribution in [3.63, 3.8) is 0 Å². The van der Waals surface area contributed by atoms with E-state index in [1.165, 1.54) is 12.1 Å². The zero-order valence-electron chi connectivity index (χ0n) is 10.2. The Morgan fingerprint density at radius 1 is 1.10 bits per heavy atom. The highest BCUT2D eigenvalue weighted by molar-refractivity contribution is 14.1. The molecule has 7 heteroatoms. The molecule has 1 aromatic heterocycles. The molecule has 108 valence electrons. The van der Waals surface area contributed by atoms with E-state index < -0.39 is 12.8 Å². The highest BCUT2D eigenvalue weighted by Gasteiger charge is 2.28. The van der Waals surface area contributed by atoms with E-state index >= 15 is 0 Å². The van der Waals surface area contributed by atoms with Gasteiger partial charge in [0.2, 0.25) is 0 Å². The van der Waals surface area contributed by atoms with Gasteiger partial charge in [0.25, 0.3) is 0 Å². The first-order chi connectivity index (χ1) is 9.42. The number of furan rings is 1. The van der Waals surface area contributed by atoms with Crippen LogP contribution in [0.5, 0.6) is 5.75 Å². The van der Waals surface area contributed by atoms with Crippen molar-refractivity contribution in [3.8, 4) is 5.75 Å². The summed E-state index contributed by atoms with van der Waals surface area (Å²) in [4.78, 5) is 0. The van der Waals surface area contributed by atoms with Crippen molar-refractivity contribution in [3.05, 3.63) is 45.9 Å². The van der Waals surface area contributed by atoms with Gasteiger partial charge in [-0.25, -0.2) is 0 Å².